The van der Waals surface area contributed by atoms with E-state index in [2.05, 4.69) is 48.7 Å². The molecule has 1 saturated carbocycles. The molecule has 0 amide bonds. The summed E-state index contributed by atoms with van der Waals surface area (Å²) in [5, 5.41) is 6.05. The van der Waals surface area contributed by atoms with Gasteiger partial charge >= 0.3 is 0 Å². The first-order valence-electron chi connectivity index (χ1n) is 8.12. The Hall–Kier alpha value is -0.380. The van der Waals surface area contributed by atoms with Crippen molar-refractivity contribution in [3.63, 3.8) is 0 Å². The molecule has 0 radical (unpaired) electrons. The van der Waals surface area contributed by atoms with Gasteiger partial charge in [-0.25, -0.2) is 0 Å². The molecule has 1 atom stereocenters. The molecular weight excluding hydrogens is 264 g/mol. The lowest BCUT2D eigenvalue weighted by Gasteiger charge is -2.44. The highest BCUT2D eigenvalue weighted by molar-refractivity contribution is 7.09. The second-order valence-electron chi connectivity index (χ2n) is 6.33. The van der Waals surface area contributed by atoms with E-state index in [1.165, 1.54) is 49.8 Å². The molecule has 0 saturated heterocycles. The molecule has 1 aromatic rings. The summed E-state index contributed by atoms with van der Waals surface area (Å²) in [6.45, 7) is 3.41. The third kappa shape index (κ3) is 3.63. The fourth-order valence-corrected chi connectivity index (χ4v) is 4.44. The molecular formula is C17H30N2S. The first-order chi connectivity index (χ1) is 9.69. The van der Waals surface area contributed by atoms with Crippen LogP contribution >= 0.6 is 11.3 Å². The molecule has 2 nitrogen and oxygen atoms in total. The van der Waals surface area contributed by atoms with Crippen LogP contribution in [0.1, 0.15) is 50.3 Å². The van der Waals surface area contributed by atoms with E-state index >= 15 is 0 Å². The van der Waals surface area contributed by atoms with Crippen molar-refractivity contribution in [1.82, 2.24) is 10.2 Å². The van der Waals surface area contributed by atoms with Crippen molar-refractivity contribution < 1.29 is 0 Å². The number of likely N-dealkylation sites (N-methyl/N-ethyl adjacent to an activating group) is 1. The standard InChI is InChI=1S/C17H30N2S/c1-4-13-18-16(10-9-15-8-7-14-20-15)17(19(2)3)11-5-6-12-17/h7-8,14,16,18H,4-6,9-13H2,1-3H3. The molecule has 1 unspecified atom stereocenters. The van der Waals surface area contributed by atoms with Crippen molar-refractivity contribution in [3.8, 4) is 0 Å². The van der Waals surface area contributed by atoms with E-state index in [0.717, 1.165) is 6.54 Å². The summed E-state index contributed by atoms with van der Waals surface area (Å²) in [5.74, 6) is 0. The molecule has 114 valence electrons. The van der Waals surface area contributed by atoms with Crippen LogP contribution in [0.3, 0.4) is 0 Å². The Labute approximate surface area is 128 Å². The van der Waals surface area contributed by atoms with E-state index in [4.69, 9.17) is 0 Å². The molecule has 2 rings (SSSR count). The Morgan fingerprint density at radius 2 is 2.10 bits per heavy atom. The van der Waals surface area contributed by atoms with Crippen molar-refractivity contribution in [3.05, 3.63) is 22.4 Å². The van der Waals surface area contributed by atoms with Crippen molar-refractivity contribution in [2.75, 3.05) is 20.6 Å². The van der Waals surface area contributed by atoms with E-state index in [-0.39, 0.29) is 0 Å². The van der Waals surface area contributed by atoms with Gasteiger partial charge in [0, 0.05) is 16.5 Å². The summed E-state index contributed by atoms with van der Waals surface area (Å²) in [4.78, 5) is 4.03. The predicted molar refractivity (Wildman–Crippen MR) is 89.6 cm³/mol. The van der Waals surface area contributed by atoms with Gasteiger partial charge in [0.25, 0.3) is 0 Å². The summed E-state index contributed by atoms with van der Waals surface area (Å²) in [5.41, 5.74) is 0.381. The highest BCUT2D eigenvalue weighted by Crippen LogP contribution is 2.38. The first kappa shape index (κ1) is 16.0. The van der Waals surface area contributed by atoms with Gasteiger partial charge in [-0.1, -0.05) is 25.8 Å². The Balaban J connectivity index is 2.04. The van der Waals surface area contributed by atoms with Crippen LogP contribution in [0.15, 0.2) is 17.5 Å². The van der Waals surface area contributed by atoms with E-state index in [1.807, 2.05) is 11.3 Å². The fourth-order valence-electron chi connectivity index (χ4n) is 3.72. The summed E-state index contributed by atoms with van der Waals surface area (Å²) < 4.78 is 0. The smallest absolute Gasteiger partial charge is 0.0356 e. The first-order valence-corrected chi connectivity index (χ1v) is 9.00. The van der Waals surface area contributed by atoms with Gasteiger partial charge in [-0.2, -0.15) is 0 Å². The van der Waals surface area contributed by atoms with Gasteiger partial charge in [-0.3, -0.25) is 0 Å². The maximum Gasteiger partial charge on any atom is 0.0356 e. The summed E-state index contributed by atoms with van der Waals surface area (Å²) >= 11 is 1.90. The number of aryl methyl sites for hydroxylation is 1. The zero-order valence-corrected chi connectivity index (χ0v) is 14.1. The highest BCUT2D eigenvalue weighted by Gasteiger charge is 2.42. The van der Waals surface area contributed by atoms with Crippen molar-refractivity contribution in [2.24, 2.45) is 0 Å². The predicted octanol–water partition coefficient (Wildman–Crippen LogP) is 3.92. The van der Waals surface area contributed by atoms with Crippen LogP contribution in [0.4, 0.5) is 0 Å². The lowest BCUT2D eigenvalue weighted by atomic mass is 9.83. The molecule has 3 heteroatoms. The molecule has 0 spiro atoms. The lowest BCUT2D eigenvalue weighted by Crippen LogP contribution is -2.57. The number of hydrogen-bond acceptors (Lipinski definition) is 3. The largest absolute Gasteiger partial charge is 0.312 e. The summed E-state index contributed by atoms with van der Waals surface area (Å²) in [6, 6.07) is 5.08. The monoisotopic (exact) mass is 294 g/mol. The molecule has 1 N–H and O–H groups in total. The van der Waals surface area contributed by atoms with Gasteiger partial charge in [-0.15, -0.1) is 11.3 Å². The van der Waals surface area contributed by atoms with E-state index in [1.54, 1.807) is 0 Å². The van der Waals surface area contributed by atoms with Crippen LogP contribution in [0.2, 0.25) is 0 Å². The molecule has 1 heterocycles. The third-order valence-electron chi connectivity index (χ3n) is 4.91. The van der Waals surface area contributed by atoms with Crippen LogP contribution < -0.4 is 5.32 Å². The zero-order chi connectivity index (χ0) is 14.4. The Morgan fingerprint density at radius 1 is 1.35 bits per heavy atom. The van der Waals surface area contributed by atoms with Crippen molar-refractivity contribution in [1.29, 1.82) is 0 Å². The van der Waals surface area contributed by atoms with Crippen LogP contribution in [0.5, 0.6) is 0 Å². The number of nitrogens with one attached hydrogen (secondary N) is 1. The minimum absolute atomic E-state index is 0.381. The molecule has 0 aromatic carbocycles. The van der Waals surface area contributed by atoms with Crippen LogP contribution in [-0.4, -0.2) is 37.1 Å². The van der Waals surface area contributed by atoms with E-state index in [9.17, 15) is 0 Å². The lowest BCUT2D eigenvalue weighted by molar-refractivity contribution is 0.100. The van der Waals surface area contributed by atoms with Gasteiger partial charge in [0.15, 0.2) is 0 Å². The van der Waals surface area contributed by atoms with Gasteiger partial charge in [-0.05, 0) is 64.2 Å². The van der Waals surface area contributed by atoms with Crippen LogP contribution in [0, 0.1) is 0 Å². The van der Waals surface area contributed by atoms with Gasteiger partial charge in [0.2, 0.25) is 0 Å². The minimum atomic E-state index is 0.381. The second-order valence-corrected chi connectivity index (χ2v) is 7.36. The molecule has 0 aliphatic heterocycles. The van der Waals surface area contributed by atoms with E-state index in [0.29, 0.717) is 11.6 Å². The molecule has 1 aliphatic carbocycles. The second kappa shape index (κ2) is 7.58. The normalized spacial score (nSPS) is 19.6. The van der Waals surface area contributed by atoms with Gasteiger partial charge < -0.3 is 10.2 Å². The Morgan fingerprint density at radius 3 is 2.65 bits per heavy atom. The molecule has 0 bridgehead atoms. The van der Waals surface area contributed by atoms with Crippen molar-refractivity contribution in [2.45, 2.75) is 63.5 Å². The number of thiophene rings is 1. The topological polar surface area (TPSA) is 15.3 Å². The van der Waals surface area contributed by atoms with E-state index < -0.39 is 0 Å². The Bertz CT molecular complexity index is 366. The number of rotatable bonds is 8. The maximum atomic E-state index is 3.86. The zero-order valence-electron chi connectivity index (χ0n) is 13.3. The average molecular weight is 295 g/mol. The quantitative estimate of drug-likeness (QED) is 0.781. The molecule has 1 aromatic heterocycles. The molecule has 1 aliphatic rings. The van der Waals surface area contributed by atoms with Crippen molar-refractivity contribution >= 4 is 11.3 Å². The van der Waals surface area contributed by atoms with Crippen LogP contribution in [-0.2, 0) is 6.42 Å². The van der Waals surface area contributed by atoms with Gasteiger partial charge in [0.05, 0.1) is 0 Å². The molecule has 20 heavy (non-hydrogen) atoms. The third-order valence-corrected chi connectivity index (χ3v) is 5.85. The summed E-state index contributed by atoms with van der Waals surface area (Å²) in [7, 11) is 4.55. The highest BCUT2D eigenvalue weighted by atomic mass is 32.1. The minimum Gasteiger partial charge on any atom is -0.312 e. The molecule has 1 fully saturated rings. The average Bonchev–Trinajstić information content (AvgIpc) is 3.10. The van der Waals surface area contributed by atoms with Gasteiger partial charge in [0.1, 0.15) is 0 Å². The number of nitrogens with zero attached hydrogens (tertiary/aromatic N) is 1. The SMILES string of the molecule is CCCNC(CCc1cccs1)C1(N(C)C)CCCC1. The number of hydrogen-bond donors (Lipinski definition) is 1. The fraction of sp³-hybridized carbons (Fsp3) is 0.765. The maximum absolute atomic E-state index is 3.86. The van der Waals surface area contributed by atoms with Crippen LogP contribution in [0.25, 0.3) is 0 Å². The Kier molecular flexibility index (Phi) is 6.06. The summed E-state index contributed by atoms with van der Waals surface area (Å²) in [6.07, 6.45) is 9.19.